The molecule has 146 valence electrons. The van der Waals surface area contributed by atoms with Crippen molar-refractivity contribution in [1.82, 2.24) is 25.2 Å². The van der Waals surface area contributed by atoms with E-state index in [1.807, 2.05) is 31.2 Å². The highest BCUT2D eigenvalue weighted by atomic mass is 32.1. The van der Waals surface area contributed by atoms with Gasteiger partial charge in [-0.25, -0.2) is 14.5 Å². The van der Waals surface area contributed by atoms with E-state index in [9.17, 15) is 4.79 Å². The molecule has 2 aromatic heterocycles. The van der Waals surface area contributed by atoms with Crippen LogP contribution in [0, 0.1) is 13.8 Å². The molecule has 9 heteroatoms. The van der Waals surface area contributed by atoms with Crippen LogP contribution < -0.4 is 9.47 Å². The van der Waals surface area contributed by atoms with Gasteiger partial charge in [0.15, 0.2) is 0 Å². The van der Waals surface area contributed by atoms with Gasteiger partial charge in [0.1, 0.15) is 34.3 Å². The van der Waals surface area contributed by atoms with Gasteiger partial charge in [0.2, 0.25) is 0 Å². The van der Waals surface area contributed by atoms with Gasteiger partial charge in [0.05, 0.1) is 11.4 Å². The number of hydrogen-bond donors (Lipinski definition) is 0. The minimum Gasteiger partial charge on any atom is -0.486 e. The van der Waals surface area contributed by atoms with Crippen molar-refractivity contribution in [2.45, 2.75) is 20.5 Å². The zero-order valence-electron chi connectivity index (χ0n) is 15.8. The minimum atomic E-state index is -0.447. The molecule has 0 aliphatic heterocycles. The Morgan fingerprint density at radius 2 is 1.76 bits per heavy atom. The number of aryl methyl sites for hydroxylation is 2. The van der Waals surface area contributed by atoms with E-state index in [2.05, 4.69) is 20.5 Å². The van der Waals surface area contributed by atoms with Gasteiger partial charge in [0.25, 0.3) is 0 Å². The molecule has 4 rings (SSSR count). The average molecular weight is 407 g/mol. The number of carbonyl (C=O) groups excluding carboxylic acids is 1. The molecule has 2 heterocycles. The number of carbonyl (C=O) groups is 1. The summed E-state index contributed by atoms with van der Waals surface area (Å²) in [7, 11) is 0. The summed E-state index contributed by atoms with van der Waals surface area (Å²) in [5.74, 6) is 0.740. The molecule has 0 amide bonds. The van der Waals surface area contributed by atoms with Crippen LogP contribution in [-0.2, 0) is 6.61 Å². The van der Waals surface area contributed by atoms with E-state index in [0.717, 1.165) is 11.4 Å². The lowest BCUT2D eigenvalue weighted by molar-refractivity contribution is 0.0739. The van der Waals surface area contributed by atoms with Crippen LogP contribution in [0.3, 0.4) is 0 Å². The monoisotopic (exact) mass is 407 g/mol. The maximum atomic E-state index is 12.5. The molecule has 0 aliphatic rings. The Labute approximate surface area is 170 Å². The number of esters is 1. The van der Waals surface area contributed by atoms with Crippen LogP contribution in [0.5, 0.6) is 11.5 Å². The topological polar surface area (TPSA) is 92.0 Å². The standard InChI is InChI=1S/C20H17N5O3S/c1-13-3-7-16(8-4-13)27-11-18-22-14(2)19(29-18)20(26)28-17-9-5-15(6-10-17)25-12-21-23-24-25/h3-10,12H,11H2,1-2H3. The van der Waals surface area contributed by atoms with Crippen LogP contribution in [0.2, 0.25) is 0 Å². The molecule has 0 radical (unpaired) electrons. The van der Waals surface area contributed by atoms with E-state index in [4.69, 9.17) is 9.47 Å². The second-order valence-corrected chi connectivity index (χ2v) is 7.35. The number of hydrogen-bond acceptors (Lipinski definition) is 8. The van der Waals surface area contributed by atoms with E-state index < -0.39 is 5.97 Å². The lowest BCUT2D eigenvalue weighted by atomic mass is 10.2. The lowest BCUT2D eigenvalue weighted by Gasteiger charge is -2.04. The van der Waals surface area contributed by atoms with E-state index >= 15 is 0 Å². The Bertz CT molecular complexity index is 1110. The summed E-state index contributed by atoms with van der Waals surface area (Å²) < 4.78 is 12.7. The first-order valence-corrected chi connectivity index (χ1v) is 9.61. The molecule has 4 aromatic rings. The first-order valence-electron chi connectivity index (χ1n) is 8.80. The number of rotatable bonds is 6. The minimum absolute atomic E-state index is 0.294. The second-order valence-electron chi connectivity index (χ2n) is 6.26. The smallest absolute Gasteiger partial charge is 0.355 e. The predicted molar refractivity (Wildman–Crippen MR) is 106 cm³/mol. The van der Waals surface area contributed by atoms with Crippen molar-refractivity contribution in [3.63, 3.8) is 0 Å². The summed E-state index contributed by atoms with van der Waals surface area (Å²) in [6.45, 7) is 4.09. The zero-order valence-corrected chi connectivity index (χ0v) is 16.6. The van der Waals surface area contributed by atoms with Gasteiger partial charge < -0.3 is 9.47 Å². The lowest BCUT2D eigenvalue weighted by Crippen LogP contribution is -2.08. The molecule has 0 atom stereocenters. The number of nitrogens with zero attached hydrogens (tertiary/aromatic N) is 5. The molecule has 8 nitrogen and oxygen atoms in total. The van der Waals surface area contributed by atoms with Crippen LogP contribution in [0.4, 0.5) is 0 Å². The summed E-state index contributed by atoms with van der Waals surface area (Å²) in [6, 6.07) is 14.7. The third kappa shape index (κ3) is 4.46. The largest absolute Gasteiger partial charge is 0.486 e. The fraction of sp³-hybridized carbons (Fsp3) is 0.150. The number of benzene rings is 2. The molecule has 0 N–H and O–H groups in total. The third-order valence-corrected chi connectivity index (χ3v) is 5.18. The van der Waals surface area contributed by atoms with Crippen molar-refractivity contribution in [1.29, 1.82) is 0 Å². The summed E-state index contributed by atoms with van der Waals surface area (Å²) >= 11 is 1.27. The van der Waals surface area contributed by atoms with E-state index in [1.54, 1.807) is 31.2 Å². The van der Waals surface area contributed by atoms with Gasteiger partial charge in [0, 0.05) is 0 Å². The highest BCUT2D eigenvalue weighted by molar-refractivity contribution is 7.13. The second kappa shape index (κ2) is 8.19. The number of aromatic nitrogens is 5. The Balaban J connectivity index is 1.40. The predicted octanol–water partition coefficient (Wildman–Crippen LogP) is 3.53. The quantitative estimate of drug-likeness (QED) is 0.357. The average Bonchev–Trinajstić information content (AvgIpc) is 3.38. The molecule has 2 aromatic carbocycles. The fourth-order valence-corrected chi connectivity index (χ4v) is 3.44. The zero-order chi connectivity index (χ0) is 20.2. The van der Waals surface area contributed by atoms with Crippen molar-refractivity contribution in [3.8, 4) is 17.2 Å². The molecule has 0 aliphatic carbocycles. The van der Waals surface area contributed by atoms with E-state index in [0.29, 0.717) is 27.9 Å². The maximum absolute atomic E-state index is 12.5. The van der Waals surface area contributed by atoms with Crippen molar-refractivity contribution in [3.05, 3.63) is 76.0 Å². The molecule has 29 heavy (non-hydrogen) atoms. The van der Waals surface area contributed by atoms with Crippen molar-refractivity contribution < 1.29 is 14.3 Å². The first-order chi connectivity index (χ1) is 14.1. The first kappa shape index (κ1) is 18.8. The van der Waals surface area contributed by atoms with Crippen LogP contribution in [0.25, 0.3) is 5.69 Å². The molecule has 0 spiro atoms. The van der Waals surface area contributed by atoms with Gasteiger partial charge in [-0.05, 0) is 60.7 Å². The van der Waals surface area contributed by atoms with Gasteiger partial charge >= 0.3 is 5.97 Å². The van der Waals surface area contributed by atoms with Gasteiger partial charge in [-0.15, -0.1) is 16.4 Å². The highest BCUT2D eigenvalue weighted by Gasteiger charge is 2.18. The summed E-state index contributed by atoms with van der Waals surface area (Å²) in [6.07, 6.45) is 1.49. The van der Waals surface area contributed by atoms with Crippen molar-refractivity contribution in [2.75, 3.05) is 0 Å². The molecule has 0 saturated heterocycles. The molecular weight excluding hydrogens is 390 g/mol. The van der Waals surface area contributed by atoms with Crippen LogP contribution in [0.15, 0.2) is 54.9 Å². The SMILES string of the molecule is Cc1ccc(OCc2nc(C)c(C(=O)Oc3ccc(-n4cnnn4)cc3)s2)cc1. The number of tetrazole rings is 1. The molecule has 0 fully saturated rings. The molecule has 0 bridgehead atoms. The Hall–Kier alpha value is -3.59. The molecule has 0 unspecified atom stereocenters. The Morgan fingerprint density at radius 3 is 2.45 bits per heavy atom. The van der Waals surface area contributed by atoms with Crippen LogP contribution in [0.1, 0.15) is 25.9 Å². The Morgan fingerprint density at radius 1 is 1.03 bits per heavy atom. The van der Waals surface area contributed by atoms with Gasteiger partial charge in [-0.2, -0.15) is 0 Å². The van der Waals surface area contributed by atoms with Gasteiger partial charge in [-0.1, -0.05) is 17.7 Å². The summed E-state index contributed by atoms with van der Waals surface area (Å²) in [5, 5.41) is 11.7. The van der Waals surface area contributed by atoms with Crippen molar-refractivity contribution >= 4 is 17.3 Å². The fourth-order valence-electron chi connectivity index (χ4n) is 2.58. The molecular formula is C20H17N5O3S. The Kier molecular flexibility index (Phi) is 5.30. The summed E-state index contributed by atoms with van der Waals surface area (Å²) in [5.41, 5.74) is 2.55. The van der Waals surface area contributed by atoms with Crippen molar-refractivity contribution in [2.24, 2.45) is 0 Å². The maximum Gasteiger partial charge on any atom is 0.355 e. The van der Waals surface area contributed by atoms with Gasteiger partial charge in [-0.3, -0.25) is 0 Å². The van der Waals surface area contributed by atoms with Crippen LogP contribution in [-0.4, -0.2) is 31.2 Å². The normalized spacial score (nSPS) is 10.7. The highest BCUT2D eigenvalue weighted by Crippen LogP contribution is 2.23. The van der Waals surface area contributed by atoms with Crippen LogP contribution >= 0.6 is 11.3 Å². The van der Waals surface area contributed by atoms with E-state index in [1.165, 1.54) is 27.9 Å². The number of ether oxygens (including phenoxy) is 2. The molecule has 0 saturated carbocycles. The third-order valence-electron chi connectivity index (χ3n) is 4.07. The van der Waals surface area contributed by atoms with E-state index in [-0.39, 0.29) is 0 Å². The number of thiazole rings is 1. The summed E-state index contributed by atoms with van der Waals surface area (Å²) in [4.78, 5) is 17.4.